The monoisotopic (exact) mass is 234 g/mol. The van der Waals surface area contributed by atoms with Gasteiger partial charge in [-0.2, -0.15) is 0 Å². The summed E-state index contributed by atoms with van der Waals surface area (Å²) in [7, 11) is 1.35. The third-order valence-corrected chi connectivity index (χ3v) is 0. The fraction of sp³-hybridized carbons (Fsp3) is 0. The Morgan fingerprint density at radius 2 is 1.50 bits per heavy atom. The Morgan fingerprint density at radius 3 is 1.50 bits per heavy atom. The molecule has 0 aromatic carbocycles. The standard InChI is InChI=1S/HO3S.S.Sn.H/c1-4(2)3;;;/h(H,1,2,3);;;/q-1;;;. The van der Waals surface area contributed by atoms with Gasteiger partial charge >= 0.3 is 29.9 Å². The number of rotatable bonds is 0. The van der Waals surface area contributed by atoms with Crippen LogP contribution in [0.4, 0.5) is 0 Å². The molecule has 0 aliphatic rings. The van der Waals surface area contributed by atoms with Crippen molar-refractivity contribution in [2.75, 3.05) is 0 Å². The van der Waals surface area contributed by atoms with E-state index < -0.39 is 11.0 Å². The van der Waals surface area contributed by atoms with Crippen molar-refractivity contribution in [1.82, 2.24) is 0 Å². The van der Waals surface area contributed by atoms with Crippen LogP contribution in [0.2, 0.25) is 0 Å². The van der Waals surface area contributed by atoms with Crippen molar-refractivity contribution >= 4 is 40.9 Å². The molecule has 0 aromatic heterocycles. The SMILES string of the molecule is O=[S-](=O)O.[S]=[SnH]. The number of hydrogen-bond acceptors (Lipinski definition) is 4. The van der Waals surface area contributed by atoms with Gasteiger partial charge in [0.25, 0.3) is 0 Å². The van der Waals surface area contributed by atoms with Crippen LogP contribution in [0.25, 0.3) is 0 Å². The molecular weight excluding hydrogens is 231 g/mol. The summed E-state index contributed by atoms with van der Waals surface area (Å²) in [4.78, 5) is 0. The van der Waals surface area contributed by atoms with E-state index in [1.807, 2.05) is 0 Å². The fourth-order valence-electron chi connectivity index (χ4n) is 0. The molecule has 3 nitrogen and oxygen atoms in total. The van der Waals surface area contributed by atoms with Crippen LogP contribution in [0.1, 0.15) is 0 Å². The van der Waals surface area contributed by atoms with Gasteiger partial charge in [-0.1, -0.05) is 0 Å². The van der Waals surface area contributed by atoms with Crippen molar-refractivity contribution in [2.24, 2.45) is 0 Å². The molecule has 0 rings (SSSR count). The zero-order chi connectivity index (χ0) is 5.58. The van der Waals surface area contributed by atoms with Crippen LogP contribution in [-0.2, 0) is 19.4 Å². The summed E-state index contributed by atoms with van der Waals surface area (Å²) in [5, 5.41) is 0. The van der Waals surface area contributed by atoms with Crippen molar-refractivity contribution in [3.8, 4) is 0 Å². The van der Waals surface area contributed by atoms with Gasteiger partial charge in [-0.3, -0.25) is 0 Å². The summed E-state index contributed by atoms with van der Waals surface area (Å²) in [5.74, 6) is 0. The van der Waals surface area contributed by atoms with Crippen LogP contribution in [0.3, 0.4) is 0 Å². The topological polar surface area (TPSA) is 54.4 Å². The summed E-state index contributed by atoms with van der Waals surface area (Å²) in [6.07, 6.45) is 0. The molecule has 0 fully saturated rings. The van der Waals surface area contributed by atoms with Crippen LogP contribution in [0.15, 0.2) is 0 Å². The zero-order valence-corrected chi connectivity index (χ0v) is 7.59. The molecule has 0 bridgehead atoms. The van der Waals surface area contributed by atoms with E-state index in [-0.39, 0.29) is 0 Å². The Morgan fingerprint density at radius 1 is 1.50 bits per heavy atom. The van der Waals surface area contributed by atoms with Gasteiger partial charge in [-0.25, -0.2) is 0 Å². The van der Waals surface area contributed by atoms with E-state index in [1.54, 1.807) is 0 Å². The number of hydrogen-bond donors (Lipinski definition) is 1. The van der Waals surface area contributed by atoms with Crippen molar-refractivity contribution in [1.29, 1.82) is 0 Å². The molecular formula is H2O3S2Sn-. The van der Waals surface area contributed by atoms with Crippen LogP contribution >= 0.6 is 9.29 Å². The average molecular weight is 233 g/mol. The fourth-order valence-corrected chi connectivity index (χ4v) is 0. The molecule has 0 aliphatic carbocycles. The molecule has 0 aromatic rings. The second-order valence-electron chi connectivity index (χ2n) is 0.217. The molecule has 0 spiro atoms. The van der Waals surface area contributed by atoms with Gasteiger partial charge in [0, 0.05) is 11.0 Å². The first-order chi connectivity index (χ1) is 2.73. The normalized spacial score (nSPS) is 6.33. The maximum atomic E-state index is 8.56. The van der Waals surface area contributed by atoms with E-state index in [0.717, 1.165) is 20.6 Å². The molecule has 0 heterocycles. The molecule has 0 saturated carbocycles. The van der Waals surface area contributed by atoms with Gasteiger partial charge in [0.2, 0.25) is 0 Å². The van der Waals surface area contributed by atoms with Gasteiger partial charge < -0.3 is 13.0 Å². The van der Waals surface area contributed by atoms with Crippen LogP contribution in [0.5, 0.6) is 0 Å². The average Bonchev–Trinajstić information content (AvgIpc) is 1.41. The first-order valence-electron chi connectivity index (χ1n) is 0.752. The van der Waals surface area contributed by atoms with E-state index in [2.05, 4.69) is 9.29 Å². The summed E-state index contributed by atoms with van der Waals surface area (Å²) in [6, 6.07) is 0. The third kappa shape index (κ3) is 88.2. The van der Waals surface area contributed by atoms with Gasteiger partial charge in [0.05, 0.1) is 0 Å². The van der Waals surface area contributed by atoms with E-state index in [9.17, 15) is 0 Å². The van der Waals surface area contributed by atoms with E-state index in [0.29, 0.717) is 0 Å². The van der Waals surface area contributed by atoms with Crippen LogP contribution in [0, 0.1) is 0 Å². The zero-order valence-electron chi connectivity index (χ0n) is 2.66. The van der Waals surface area contributed by atoms with Crippen molar-refractivity contribution in [2.45, 2.75) is 0 Å². The molecule has 0 atom stereocenters. The van der Waals surface area contributed by atoms with Crippen molar-refractivity contribution in [3.63, 3.8) is 0 Å². The van der Waals surface area contributed by atoms with Gasteiger partial charge in [0.1, 0.15) is 0 Å². The molecule has 6 heavy (non-hydrogen) atoms. The summed E-state index contributed by atoms with van der Waals surface area (Å²) in [5.41, 5.74) is 0. The Balaban J connectivity index is 0. The Kier molecular flexibility index (Phi) is 15.6. The van der Waals surface area contributed by atoms with Gasteiger partial charge in [-0.05, 0) is 0 Å². The first-order valence-corrected chi connectivity index (χ1v) is 6.29. The summed E-state index contributed by atoms with van der Waals surface area (Å²) < 4.78 is 24.1. The molecule has 6 heteroatoms. The molecule has 0 aliphatic heterocycles. The minimum atomic E-state index is -2.86. The molecule has 0 saturated heterocycles. The Bertz CT molecular complexity index is 66.9. The van der Waals surface area contributed by atoms with E-state index >= 15 is 0 Å². The Labute approximate surface area is 53.8 Å². The summed E-state index contributed by atoms with van der Waals surface area (Å²) in [6.45, 7) is 0. The second kappa shape index (κ2) is 9.33. The van der Waals surface area contributed by atoms with E-state index in [1.165, 1.54) is 0 Å². The molecule has 1 N–H and O–H groups in total. The van der Waals surface area contributed by atoms with Crippen LogP contribution < -0.4 is 0 Å². The predicted molar refractivity (Wildman–Crippen MR) is 26.1 cm³/mol. The minimum absolute atomic E-state index is 0.933. The molecule has 1 radical (unpaired) electrons. The van der Waals surface area contributed by atoms with Gasteiger partial charge in [-0.15, -0.1) is 0 Å². The second-order valence-corrected chi connectivity index (χ2v) is 0.651. The third-order valence-electron chi connectivity index (χ3n) is 0. The molecule has 0 amide bonds. The molecule has 37 valence electrons. The maximum absolute atomic E-state index is 8.56. The van der Waals surface area contributed by atoms with Crippen molar-refractivity contribution in [3.05, 3.63) is 0 Å². The van der Waals surface area contributed by atoms with Gasteiger partial charge in [0.15, 0.2) is 0 Å². The van der Waals surface area contributed by atoms with Crippen LogP contribution in [-0.4, -0.2) is 25.1 Å². The van der Waals surface area contributed by atoms with Crippen molar-refractivity contribution < 1.29 is 13.0 Å². The first kappa shape index (κ1) is 10.0. The molecule has 0 unspecified atom stereocenters. The Hall–Kier alpha value is 0.929. The summed E-state index contributed by atoms with van der Waals surface area (Å²) >= 11 is 0.933. The van der Waals surface area contributed by atoms with E-state index in [4.69, 9.17) is 13.0 Å². The predicted octanol–water partition coefficient (Wildman–Crippen LogP) is -0.232. The quantitative estimate of drug-likeness (QED) is 0.271.